The maximum absolute atomic E-state index is 13.0. The molecule has 1 aromatic carbocycles. The highest BCUT2D eigenvalue weighted by atomic mass is 19.1. The first-order chi connectivity index (χ1) is 8.49. The molecule has 0 amide bonds. The standard InChI is InChI=1S/C14H18FNO2/c1-16(9-11-3-2-4-12(15)7-11)10-14(5-6-14)8-13(17)18/h2-4,7H,5-6,8-10H2,1H3,(H,17,18). The summed E-state index contributed by atoms with van der Waals surface area (Å²) in [5.74, 6) is -0.959. The summed E-state index contributed by atoms with van der Waals surface area (Å²) in [5.41, 5.74) is 0.872. The summed E-state index contributed by atoms with van der Waals surface area (Å²) in [6.45, 7) is 1.41. The molecule has 0 unspecified atom stereocenters. The SMILES string of the molecule is CN(Cc1cccc(F)c1)CC1(CC(=O)O)CC1. The van der Waals surface area contributed by atoms with Crippen molar-refractivity contribution < 1.29 is 14.3 Å². The molecule has 0 heterocycles. The number of hydrogen-bond acceptors (Lipinski definition) is 2. The van der Waals surface area contributed by atoms with E-state index in [2.05, 4.69) is 4.90 Å². The van der Waals surface area contributed by atoms with Crippen molar-refractivity contribution in [2.24, 2.45) is 5.41 Å². The van der Waals surface area contributed by atoms with Crippen LogP contribution in [-0.2, 0) is 11.3 Å². The Balaban J connectivity index is 1.89. The molecule has 3 nitrogen and oxygen atoms in total. The molecule has 0 radical (unpaired) electrons. The smallest absolute Gasteiger partial charge is 0.303 e. The Hall–Kier alpha value is -1.42. The first kappa shape index (κ1) is 13.0. The topological polar surface area (TPSA) is 40.5 Å². The predicted molar refractivity (Wildman–Crippen MR) is 66.7 cm³/mol. The molecule has 0 spiro atoms. The number of carbonyl (C=O) groups is 1. The third-order valence-corrected chi connectivity index (χ3v) is 3.43. The van der Waals surface area contributed by atoms with Gasteiger partial charge < -0.3 is 10.0 Å². The summed E-state index contributed by atoms with van der Waals surface area (Å²) in [5, 5.41) is 8.86. The molecule has 1 saturated carbocycles. The van der Waals surface area contributed by atoms with Gasteiger partial charge in [-0.2, -0.15) is 0 Å². The summed E-state index contributed by atoms with van der Waals surface area (Å²) < 4.78 is 13.0. The summed E-state index contributed by atoms with van der Waals surface area (Å²) in [6, 6.07) is 6.53. The van der Waals surface area contributed by atoms with Crippen LogP contribution in [0.25, 0.3) is 0 Å². The van der Waals surface area contributed by atoms with E-state index in [1.807, 2.05) is 13.1 Å². The molecule has 1 N–H and O–H groups in total. The van der Waals surface area contributed by atoms with Gasteiger partial charge in [-0.3, -0.25) is 4.79 Å². The predicted octanol–water partition coefficient (Wildman–Crippen LogP) is 2.51. The fourth-order valence-electron chi connectivity index (χ4n) is 2.46. The largest absolute Gasteiger partial charge is 0.481 e. The lowest BCUT2D eigenvalue weighted by Gasteiger charge is -2.22. The van der Waals surface area contributed by atoms with Gasteiger partial charge in [0.15, 0.2) is 0 Å². The summed E-state index contributed by atoms with van der Waals surface area (Å²) in [4.78, 5) is 12.8. The Morgan fingerprint density at radius 3 is 2.78 bits per heavy atom. The second-order valence-corrected chi connectivity index (χ2v) is 5.37. The monoisotopic (exact) mass is 251 g/mol. The Morgan fingerprint density at radius 2 is 2.22 bits per heavy atom. The second kappa shape index (κ2) is 5.06. The van der Waals surface area contributed by atoms with Crippen LogP contribution >= 0.6 is 0 Å². The van der Waals surface area contributed by atoms with Crippen molar-refractivity contribution in [2.75, 3.05) is 13.6 Å². The molecule has 18 heavy (non-hydrogen) atoms. The number of hydrogen-bond donors (Lipinski definition) is 1. The molecular formula is C14H18FNO2. The molecule has 0 atom stereocenters. The Labute approximate surface area is 106 Å². The van der Waals surface area contributed by atoms with Crippen molar-refractivity contribution in [3.63, 3.8) is 0 Å². The van der Waals surface area contributed by atoms with E-state index in [1.165, 1.54) is 12.1 Å². The van der Waals surface area contributed by atoms with Crippen LogP contribution < -0.4 is 0 Å². The van der Waals surface area contributed by atoms with E-state index in [1.54, 1.807) is 6.07 Å². The summed E-state index contributed by atoms with van der Waals surface area (Å²) in [6.07, 6.45) is 2.19. The van der Waals surface area contributed by atoms with E-state index in [9.17, 15) is 9.18 Å². The van der Waals surface area contributed by atoms with Crippen molar-refractivity contribution in [3.8, 4) is 0 Å². The van der Waals surface area contributed by atoms with Gasteiger partial charge in [-0.05, 0) is 43.0 Å². The van der Waals surface area contributed by atoms with E-state index >= 15 is 0 Å². The molecule has 1 aromatic rings. The van der Waals surface area contributed by atoms with Crippen LogP contribution in [0.4, 0.5) is 4.39 Å². The van der Waals surface area contributed by atoms with Gasteiger partial charge in [-0.25, -0.2) is 4.39 Å². The molecule has 0 aromatic heterocycles. The molecule has 1 aliphatic rings. The fourth-order valence-corrected chi connectivity index (χ4v) is 2.46. The van der Waals surface area contributed by atoms with E-state index in [4.69, 9.17) is 5.11 Å². The Kier molecular flexibility index (Phi) is 3.66. The lowest BCUT2D eigenvalue weighted by atomic mass is 10.0. The maximum atomic E-state index is 13.0. The normalized spacial score (nSPS) is 16.8. The summed E-state index contributed by atoms with van der Waals surface area (Å²) >= 11 is 0. The lowest BCUT2D eigenvalue weighted by Crippen LogP contribution is -2.28. The zero-order valence-electron chi connectivity index (χ0n) is 10.5. The first-order valence-electron chi connectivity index (χ1n) is 6.14. The third-order valence-electron chi connectivity index (χ3n) is 3.43. The van der Waals surface area contributed by atoms with Crippen molar-refractivity contribution in [1.82, 2.24) is 4.90 Å². The quantitative estimate of drug-likeness (QED) is 0.844. The molecule has 4 heteroatoms. The van der Waals surface area contributed by atoms with Gasteiger partial charge in [0.2, 0.25) is 0 Å². The molecule has 98 valence electrons. The van der Waals surface area contributed by atoms with Gasteiger partial charge in [0.05, 0.1) is 6.42 Å². The summed E-state index contributed by atoms with van der Waals surface area (Å²) in [7, 11) is 1.95. The van der Waals surface area contributed by atoms with Crippen molar-refractivity contribution in [1.29, 1.82) is 0 Å². The van der Waals surface area contributed by atoms with Gasteiger partial charge >= 0.3 is 5.97 Å². The van der Waals surface area contributed by atoms with E-state index in [-0.39, 0.29) is 17.7 Å². The average molecular weight is 251 g/mol. The van der Waals surface area contributed by atoms with Crippen LogP contribution in [0.5, 0.6) is 0 Å². The number of halogens is 1. The Bertz CT molecular complexity index is 443. The lowest BCUT2D eigenvalue weighted by molar-refractivity contribution is -0.138. The Morgan fingerprint density at radius 1 is 1.50 bits per heavy atom. The fraction of sp³-hybridized carbons (Fsp3) is 0.500. The number of rotatable bonds is 6. The van der Waals surface area contributed by atoms with E-state index in [0.29, 0.717) is 6.54 Å². The highest BCUT2D eigenvalue weighted by Crippen LogP contribution is 2.49. The van der Waals surface area contributed by atoms with Gasteiger partial charge in [0, 0.05) is 13.1 Å². The first-order valence-corrected chi connectivity index (χ1v) is 6.14. The third kappa shape index (κ3) is 3.53. The molecule has 0 aliphatic heterocycles. The number of benzene rings is 1. The minimum absolute atomic E-state index is 0.0477. The highest BCUT2D eigenvalue weighted by Gasteiger charge is 2.44. The van der Waals surface area contributed by atoms with Gasteiger partial charge in [-0.1, -0.05) is 12.1 Å². The molecule has 0 saturated heterocycles. The number of carboxylic acids is 1. The second-order valence-electron chi connectivity index (χ2n) is 5.37. The van der Waals surface area contributed by atoms with Crippen LogP contribution in [0.2, 0.25) is 0 Å². The molecule has 0 bridgehead atoms. The molecular weight excluding hydrogens is 233 g/mol. The maximum Gasteiger partial charge on any atom is 0.303 e. The van der Waals surface area contributed by atoms with Crippen LogP contribution in [-0.4, -0.2) is 29.6 Å². The number of carboxylic acid groups (broad SMARTS) is 1. The minimum Gasteiger partial charge on any atom is -0.481 e. The zero-order valence-corrected chi connectivity index (χ0v) is 10.5. The number of aliphatic carboxylic acids is 1. The minimum atomic E-state index is -0.730. The van der Waals surface area contributed by atoms with Gasteiger partial charge in [0.25, 0.3) is 0 Å². The van der Waals surface area contributed by atoms with Crippen LogP contribution in [0.1, 0.15) is 24.8 Å². The highest BCUT2D eigenvalue weighted by molar-refractivity contribution is 5.68. The van der Waals surface area contributed by atoms with Gasteiger partial charge in [-0.15, -0.1) is 0 Å². The average Bonchev–Trinajstić information content (AvgIpc) is 2.95. The molecule has 2 rings (SSSR count). The van der Waals surface area contributed by atoms with Crippen LogP contribution in [0.3, 0.4) is 0 Å². The molecule has 1 fully saturated rings. The van der Waals surface area contributed by atoms with Crippen LogP contribution in [0, 0.1) is 11.2 Å². The molecule has 1 aliphatic carbocycles. The van der Waals surface area contributed by atoms with Crippen molar-refractivity contribution in [3.05, 3.63) is 35.6 Å². The van der Waals surface area contributed by atoms with E-state index < -0.39 is 5.97 Å². The van der Waals surface area contributed by atoms with E-state index in [0.717, 1.165) is 24.9 Å². The van der Waals surface area contributed by atoms with Crippen LogP contribution in [0.15, 0.2) is 24.3 Å². The number of nitrogens with zero attached hydrogens (tertiary/aromatic N) is 1. The zero-order chi connectivity index (χ0) is 13.2. The van der Waals surface area contributed by atoms with Gasteiger partial charge in [0.1, 0.15) is 5.82 Å². The van der Waals surface area contributed by atoms with Crippen molar-refractivity contribution in [2.45, 2.75) is 25.8 Å². The van der Waals surface area contributed by atoms with Crippen molar-refractivity contribution >= 4 is 5.97 Å².